The number of rotatable bonds is 6. The highest BCUT2D eigenvalue weighted by Crippen LogP contribution is 2.24. The van der Waals surface area contributed by atoms with Crippen LogP contribution < -0.4 is 5.32 Å². The number of hydrogen-bond acceptors (Lipinski definition) is 4. The summed E-state index contributed by atoms with van der Waals surface area (Å²) in [5, 5.41) is 3.22. The SMILES string of the molecule is CN1CCC(OC(C)(C)CCN2CCC(NC(=O)C(C)(C)C)CC2)CC1. The minimum Gasteiger partial charge on any atom is -0.372 e. The maximum Gasteiger partial charge on any atom is 0.225 e. The van der Waals surface area contributed by atoms with E-state index >= 15 is 0 Å². The molecule has 0 spiro atoms. The van der Waals surface area contributed by atoms with Gasteiger partial charge in [-0.05, 0) is 53.0 Å². The van der Waals surface area contributed by atoms with Crippen LogP contribution in [-0.4, -0.2) is 73.2 Å². The lowest BCUT2D eigenvalue weighted by atomic mass is 9.94. The minimum absolute atomic E-state index is 0.0577. The molecule has 0 aliphatic carbocycles. The molecule has 5 nitrogen and oxygen atoms in total. The van der Waals surface area contributed by atoms with Crippen molar-refractivity contribution < 1.29 is 9.53 Å². The van der Waals surface area contributed by atoms with E-state index in [4.69, 9.17) is 4.74 Å². The molecule has 0 atom stereocenters. The Morgan fingerprint density at radius 2 is 1.58 bits per heavy atom. The Labute approximate surface area is 160 Å². The lowest BCUT2D eigenvalue weighted by molar-refractivity contribution is -0.129. The molecule has 1 N–H and O–H groups in total. The molecule has 2 saturated heterocycles. The number of ether oxygens (including phenoxy) is 1. The summed E-state index contributed by atoms with van der Waals surface area (Å²) in [7, 11) is 2.19. The van der Waals surface area contributed by atoms with Gasteiger partial charge < -0.3 is 19.9 Å². The topological polar surface area (TPSA) is 44.8 Å². The van der Waals surface area contributed by atoms with Gasteiger partial charge in [0.25, 0.3) is 0 Å². The van der Waals surface area contributed by atoms with Crippen LogP contribution >= 0.6 is 0 Å². The van der Waals surface area contributed by atoms with Gasteiger partial charge in [-0.2, -0.15) is 0 Å². The Morgan fingerprint density at radius 3 is 2.12 bits per heavy atom. The Balaban J connectivity index is 1.66. The van der Waals surface area contributed by atoms with E-state index in [1.54, 1.807) is 0 Å². The van der Waals surface area contributed by atoms with Gasteiger partial charge in [0, 0.05) is 44.2 Å². The second-order valence-corrected chi connectivity index (χ2v) is 9.97. The van der Waals surface area contributed by atoms with E-state index in [0.29, 0.717) is 12.1 Å². The number of amides is 1. The van der Waals surface area contributed by atoms with E-state index in [1.807, 2.05) is 20.8 Å². The number of likely N-dealkylation sites (tertiary alicyclic amines) is 2. The Hall–Kier alpha value is -0.650. The number of carbonyl (C=O) groups excluding carboxylic acids is 1. The van der Waals surface area contributed by atoms with Crippen LogP contribution in [0.3, 0.4) is 0 Å². The molecule has 5 heteroatoms. The molecule has 0 unspecified atom stereocenters. The fourth-order valence-corrected chi connectivity index (χ4v) is 3.74. The molecule has 2 fully saturated rings. The van der Waals surface area contributed by atoms with Gasteiger partial charge in [0.1, 0.15) is 0 Å². The Kier molecular flexibility index (Phi) is 7.52. The molecule has 0 aromatic rings. The molecule has 2 aliphatic heterocycles. The average molecular weight is 368 g/mol. The van der Waals surface area contributed by atoms with E-state index in [9.17, 15) is 4.79 Å². The second-order valence-electron chi connectivity index (χ2n) is 9.97. The molecule has 1 amide bonds. The zero-order valence-corrected chi connectivity index (χ0v) is 17.9. The molecular formula is C21H41N3O2. The largest absolute Gasteiger partial charge is 0.372 e. The molecule has 0 radical (unpaired) electrons. The maximum absolute atomic E-state index is 12.1. The van der Waals surface area contributed by atoms with Crippen LogP contribution in [0.4, 0.5) is 0 Å². The lowest BCUT2D eigenvalue weighted by Gasteiger charge is -2.38. The number of carbonyl (C=O) groups is 1. The predicted octanol–water partition coefficient (Wildman–Crippen LogP) is 2.89. The second kappa shape index (κ2) is 9.03. The van der Waals surface area contributed by atoms with Crippen molar-refractivity contribution in [2.45, 2.75) is 84.5 Å². The minimum atomic E-state index is -0.299. The summed E-state index contributed by atoms with van der Waals surface area (Å²) in [6.07, 6.45) is 5.89. The molecule has 0 bridgehead atoms. The molecule has 2 rings (SSSR count). The normalized spacial score (nSPS) is 22.5. The van der Waals surface area contributed by atoms with E-state index < -0.39 is 0 Å². The van der Waals surface area contributed by atoms with Gasteiger partial charge in [-0.25, -0.2) is 0 Å². The summed E-state index contributed by atoms with van der Waals surface area (Å²) in [5.41, 5.74) is -0.357. The summed E-state index contributed by atoms with van der Waals surface area (Å²) in [6.45, 7) is 15.9. The number of hydrogen-bond donors (Lipinski definition) is 1. The third-order valence-corrected chi connectivity index (χ3v) is 5.79. The van der Waals surface area contributed by atoms with Crippen molar-refractivity contribution in [3.8, 4) is 0 Å². The molecule has 2 aliphatic rings. The van der Waals surface area contributed by atoms with E-state index in [-0.39, 0.29) is 16.9 Å². The highest BCUT2D eigenvalue weighted by Gasteiger charge is 2.29. The van der Waals surface area contributed by atoms with Gasteiger partial charge in [-0.15, -0.1) is 0 Å². The van der Waals surface area contributed by atoms with Crippen LogP contribution in [0.1, 0.15) is 66.7 Å². The van der Waals surface area contributed by atoms with E-state index in [0.717, 1.165) is 64.8 Å². The van der Waals surface area contributed by atoms with Crippen LogP contribution in [-0.2, 0) is 9.53 Å². The smallest absolute Gasteiger partial charge is 0.225 e. The molecule has 2 heterocycles. The molecule has 26 heavy (non-hydrogen) atoms. The fourth-order valence-electron chi connectivity index (χ4n) is 3.74. The predicted molar refractivity (Wildman–Crippen MR) is 107 cm³/mol. The van der Waals surface area contributed by atoms with Gasteiger partial charge in [-0.3, -0.25) is 4.79 Å². The average Bonchev–Trinajstić information content (AvgIpc) is 2.55. The molecule has 0 aromatic carbocycles. The number of nitrogens with zero attached hydrogens (tertiary/aromatic N) is 2. The first-order chi connectivity index (χ1) is 12.0. The van der Waals surface area contributed by atoms with Gasteiger partial charge in [0.05, 0.1) is 11.7 Å². The molecule has 0 saturated carbocycles. The Bertz CT molecular complexity index is 443. The van der Waals surface area contributed by atoms with Crippen LogP contribution in [0.2, 0.25) is 0 Å². The van der Waals surface area contributed by atoms with Crippen LogP contribution in [0, 0.1) is 5.41 Å². The zero-order valence-electron chi connectivity index (χ0n) is 17.9. The molecule has 152 valence electrons. The quantitative estimate of drug-likeness (QED) is 0.784. The first-order valence-corrected chi connectivity index (χ1v) is 10.4. The summed E-state index contributed by atoms with van der Waals surface area (Å²) in [5.74, 6) is 0.170. The summed E-state index contributed by atoms with van der Waals surface area (Å²) in [4.78, 5) is 17.0. The first-order valence-electron chi connectivity index (χ1n) is 10.4. The highest BCUT2D eigenvalue weighted by atomic mass is 16.5. The number of nitrogens with one attached hydrogen (secondary N) is 1. The monoisotopic (exact) mass is 367 g/mol. The maximum atomic E-state index is 12.1. The van der Waals surface area contributed by atoms with E-state index in [2.05, 4.69) is 36.0 Å². The summed E-state index contributed by atoms with van der Waals surface area (Å²) >= 11 is 0. The van der Waals surface area contributed by atoms with Crippen LogP contribution in [0.25, 0.3) is 0 Å². The third kappa shape index (κ3) is 7.16. The van der Waals surface area contributed by atoms with Crippen molar-refractivity contribution in [2.24, 2.45) is 5.41 Å². The van der Waals surface area contributed by atoms with Gasteiger partial charge in [0.2, 0.25) is 5.91 Å². The van der Waals surface area contributed by atoms with Crippen LogP contribution in [0.5, 0.6) is 0 Å². The Morgan fingerprint density at radius 1 is 1.00 bits per heavy atom. The third-order valence-electron chi connectivity index (χ3n) is 5.79. The standard InChI is InChI=1S/C21H41N3O2/c1-20(2,3)19(25)22-17-7-14-24(15-8-17)16-11-21(4,5)26-18-9-12-23(6)13-10-18/h17-18H,7-16H2,1-6H3,(H,22,25). The van der Waals surface area contributed by atoms with Crippen molar-refractivity contribution >= 4 is 5.91 Å². The van der Waals surface area contributed by atoms with Crippen molar-refractivity contribution in [3.63, 3.8) is 0 Å². The fraction of sp³-hybridized carbons (Fsp3) is 0.952. The highest BCUT2D eigenvalue weighted by molar-refractivity contribution is 5.81. The van der Waals surface area contributed by atoms with E-state index in [1.165, 1.54) is 0 Å². The van der Waals surface area contributed by atoms with Gasteiger partial charge in [0.15, 0.2) is 0 Å². The van der Waals surface area contributed by atoms with Gasteiger partial charge in [-0.1, -0.05) is 20.8 Å². The molecule has 0 aromatic heterocycles. The summed E-state index contributed by atoms with van der Waals surface area (Å²) < 4.78 is 6.42. The summed E-state index contributed by atoms with van der Waals surface area (Å²) in [6, 6.07) is 0.335. The van der Waals surface area contributed by atoms with Gasteiger partial charge >= 0.3 is 0 Å². The number of piperidine rings is 2. The first kappa shape index (κ1) is 21.6. The molecular weight excluding hydrogens is 326 g/mol. The zero-order chi connectivity index (χ0) is 19.4. The lowest BCUT2D eigenvalue weighted by Crippen LogP contribution is -2.48. The van der Waals surface area contributed by atoms with Crippen LogP contribution in [0.15, 0.2) is 0 Å². The van der Waals surface area contributed by atoms with Crippen molar-refractivity contribution in [3.05, 3.63) is 0 Å². The van der Waals surface area contributed by atoms with Crippen molar-refractivity contribution in [1.82, 2.24) is 15.1 Å². The van der Waals surface area contributed by atoms with Crippen molar-refractivity contribution in [1.29, 1.82) is 0 Å². The van der Waals surface area contributed by atoms with Crippen molar-refractivity contribution in [2.75, 3.05) is 39.8 Å².